The van der Waals surface area contributed by atoms with E-state index in [4.69, 9.17) is 15.6 Å². The lowest BCUT2D eigenvalue weighted by Crippen LogP contribution is -2.24. The van der Waals surface area contributed by atoms with Crippen LogP contribution in [0.4, 0.5) is 15.8 Å². The molecule has 0 aliphatic rings. The lowest BCUT2D eigenvalue weighted by atomic mass is 10.1. The summed E-state index contributed by atoms with van der Waals surface area (Å²) >= 11 is 0. The normalized spacial score (nSPS) is 12.2. The van der Waals surface area contributed by atoms with Crippen molar-refractivity contribution in [1.29, 1.82) is 0 Å². The average molecular weight is 256 g/mol. The lowest BCUT2D eigenvalue weighted by molar-refractivity contribution is 0.0692. The zero-order valence-electron chi connectivity index (χ0n) is 10.4. The number of carbonyl (C=O) groups is 1. The average Bonchev–Trinajstić information content (AvgIpc) is 2.32. The molecule has 0 aliphatic carbocycles. The fourth-order valence-electron chi connectivity index (χ4n) is 1.56. The van der Waals surface area contributed by atoms with Crippen LogP contribution in [0, 0.1) is 5.82 Å². The first-order valence-corrected chi connectivity index (χ1v) is 5.57. The van der Waals surface area contributed by atoms with Crippen molar-refractivity contribution in [3.05, 3.63) is 23.5 Å². The molecule has 0 spiro atoms. The molecule has 5 nitrogen and oxygen atoms in total. The van der Waals surface area contributed by atoms with Gasteiger partial charge < -0.3 is 20.9 Å². The van der Waals surface area contributed by atoms with Gasteiger partial charge in [-0.15, -0.1) is 0 Å². The first kappa shape index (κ1) is 14.2. The van der Waals surface area contributed by atoms with Crippen molar-refractivity contribution in [1.82, 2.24) is 0 Å². The number of halogens is 1. The van der Waals surface area contributed by atoms with Crippen molar-refractivity contribution in [2.75, 3.05) is 24.8 Å². The van der Waals surface area contributed by atoms with Crippen LogP contribution in [0.25, 0.3) is 0 Å². The summed E-state index contributed by atoms with van der Waals surface area (Å²) in [7, 11) is 1.57. The van der Waals surface area contributed by atoms with E-state index >= 15 is 0 Å². The summed E-state index contributed by atoms with van der Waals surface area (Å²) < 4.78 is 18.5. The zero-order chi connectivity index (χ0) is 13.7. The van der Waals surface area contributed by atoms with Gasteiger partial charge in [-0.3, -0.25) is 0 Å². The second-order valence-electron chi connectivity index (χ2n) is 3.93. The minimum Gasteiger partial charge on any atom is -0.478 e. The molecule has 0 heterocycles. The molecule has 0 saturated carbocycles. The maximum atomic E-state index is 13.5. The summed E-state index contributed by atoms with van der Waals surface area (Å²) in [6.07, 6.45) is 0.773. The molecular formula is C12H17FN2O3. The molecule has 18 heavy (non-hydrogen) atoms. The van der Waals surface area contributed by atoms with Gasteiger partial charge in [-0.05, 0) is 18.6 Å². The van der Waals surface area contributed by atoms with Crippen LogP contribution in [0.3, 0.4) is 0 Å². The molecule has 6 heteroatoms. The highest BCUT2D eigenvalue weighted by atomic mass is 19.1. The van der Waals surface area contributed by atoms with Crippen LogP contribution < -0.4 is 11.1 Å². The molecule has 1 aromatic carbocycles. The first-order chi connectivity index (χ1) is 8.49. The SMILES string of the molecule is CCC(COC)Nc1cc(F)c(C(=O)O)cc1N. The largest absolute Gasteiger partial charge is 0.478 e. The van der Waals surface area contributed by atoms with E-state index in [1.807, 2.05) is 6.92 Å². The van der Waals surface area contributed by atoms with Gasteiger partial charge in [-0.25, -0.2) is 9.18 Å². The highest BCUT2D eigenvalue weighted by molar-refractivity contribution is 5.90. The summed E-state index contributed by atoms with van der Waals surface area (Å²) in [4.78, 5) is 10.7. The standard InChI is InChI=1S/C12H17FN2O3/c1-3-7(6-18-2)15-11-5-9(13)8(12(16)17)4-10(11)14/h4-5,7,15H,3,6,14H2,1-2H3,(H,16,17). The predicted octanol–water partition coefficient (Wildman–Crippen LogP) is 1.94. The van der Waals surface area contributed by atoms with E-state index < -0.39 is 17.3 Å². The van der Waals surface area contributed by atoms with Gasteiger partial charge in [0.1, 0.15) is 5.82 Å². The lowest BCUT2D eigenvalue weighted by Gasteiger charge is -2.19. The summed E-state index contributed by atoms with van der Waals surface area (Å²) in [5.41, 5.74) is 5.84. The maximum absolute atomic E-state index is 13.5. The third kappa shape index (κ3) is 3.33. The number of anilines is 2. The molecule has 0 amide bonds. The van der Waals surface area contributed by atoms with E-state index in [0.717, 1.165) is 18.6 Å². The quantitative estimate of drug-likeness (QED) is 0.677. The third-order valence-corrected chi connectivity index (χ3v) is 2.59. The second kappa shape index (κ2) is 6.20. The van der Waals surface area contributed by atoms with Crippen LogP contribution in [0.2, 0.25) is 0 Å². The fourth-order valence-corrected chi connectivity index (χ4v) is 1.56. The molecule has 0 aromatic heterocycles. The molecule has 4 N–H and O–H groups in total. The smallest absolute Gasteiger partial charge is 0.338 e. The number of carboxylic acids is 1. The van der Waals surface area contributed by atoms with Gasteiger partial charge in [-0.2, -0.15) is 0 Å². The number of ether oxygens (including phenoxy) is 1. The molecule has 0 bridgehead atoms. The van der Waals surface area contributed by atoms with Gasteiger partial charge in [0.2, 0.25) is 0 Å². The van der Waals surface area contributed by atoms with Crippen molar-refractivity contribution in [3.8, 4) is 0 Å². The summed E-state index contributed by atoms with van der Waals surface area (Å²) in [5, 5.41) is 11.8. The molecule has 1 atom stereocenters. The van der Waals surface area contributed by atoms with Gasteiger partial charge >= 0.3 is 5.97 Å². The second-order valence-corrected chi connectivity index (χ2v) is 3.93. The number of rotatable bonds is 6. The van der Waals surface area contributed by atoms with Crippen molar-refractivity contribution in [3.63, 3.8) is 0 Å². The van der Waals surface area contributed by atoms with Crippen LogP contribution in [0.5, 0.6) is 0 Å². The maximum Gasteiger partial charge on any atom is 0.338 e. The number of carboxylic acid groups (broad SMARTS) is 1. The van der Waals surface area contributed by atoms with Crippen LogP contribution in [0.1, 0.15) is 23.7 Å². The van der Waals surface area contributed by atoms with E-state index in [9.17, 15) is 9.18 Å². The Morgan fingerprint density at radius 3 is 2.78 bits per heavy atom. The molecule has 0 aliphatic heterocycles. The van der Waals surface area contributed by atoms with Gasteiger partial charge in [0.15, 0.2) is 0 Å². The van der Waals surface area contributed by atoms with E-state index in [1.54, 1.807) is 7.11 Å². The topological polar surface area (TPSA) is 84.6 Å². The van der Waals surface area contributed by atoms with E-state index in [1.165, 1.54) is 0 Å². The third-order valence-electron chi connectivity index (χ3n) is 2.59. The van der Waals surface area contributed by atoms with E-state index in [2.05, 4.69) is 5.32 Å². The summed E-state index contributed by atoms with van der Waals surface area (Å²) in [5.74, 6) is -2.15. The van der Waals surface area contributed by atoms with Crippen molar-refractivity contribution in [2.45, 2.75) is 19.4 Å². The number of aromatic carboxylic acids is 1. The van der Waals surface area contributed by atoms with Gasteiger partial charge in [0.05, 0.1) is 23.5 Å². The molecule has 0 saturated heterocycles. The van der Waals surface area contributed by atoms with Crippen molar-refractivity contribution < 1.29 is 19.0 Å². The predicted molar refractivity (Wildman–Crippen MR) is 67.3 cm³/mol. The Kier molecular flexibility index (Phi) is 4.91. The summed E-state index contributed by atoms with van der Waals surface area (Å²) in [6, 6.07) is 2.20. The van der Waals surface area contributed by atoms with Crippen LogP contribution in [0.15, 0.2) is 12.1 Å². The number of hydrogen-bond donors (Lipinski definition) is 3. The Morgan fingerprint density at radius 1 is 1.61 bits per heavy atom. The fraction of sp³-hybridized carbons (Fsp3) is 0.417. The van der Waals surface area contributed by atoms with Gasteiger partial charge in [0, 0.05) is 13.2 Å². The Bertz CT molecular complexity index is 438. The zero-order valence-corrected chi connectivity index (χ0v) is 10.4. The van der Waals surface area contributed by atoms with Crippen molar-refractivity contribution >= 4 is 17.3 Å². The number of benzene rings is 1. The molecule has 1 unspecified atom stereocenters. The molecule has 0 radical (unpaired) electrons. The Labute approximate surface area is 105 Å². The Hall–Kier alpha value is -1.82. The van der Waals surface area contributed by atoms with Crippen LogP contribution >= 0.6 is 0 Å². The number of nitrogens with one attached hydrogen (secondary N) is 1. The van der Waals surface area contributed by atoms with E-state index in [0.29, 0.717) is 12.3 Å². The first-order valence-electron chi connectivity index (χ1n) is 5.57. The monoisotopic (exact) mass is 256 g/mol. The minimum atomic E-state index is -1.34. The molecular weight excluding hydrogens is 239 g/mol. The Balaban J connectivity index is 2.97. The van der Waals surface area contributed by atoms with Crippen LogP contribution in [-0.2, 0) is 4.74 Å². The number of hydrogen-bond acceptors (Lipinski definition) is 4. The highest BCUT2D eigenvalue weighted by Crippen LogP contribution is 2.24. The molecule has 0 fully saturated rings. The van der Waals surface area contributed by atoms with Crippen LogP contribution in [-0.4, -0.2) is 30.8 Å². The number of nitrogens with two attached hydrogens (primary N) is 1. The molecule has 1 aromatic rings. The number of methoxy groups -OCH3 is 1. The summed E-state index contributed by atoms with van der Waals surface area (Å²) in [6.45, 7) is 2.41. The van der Waals surface area contributed by atoms with Gasteiger partial charge in [-0.1, -0.05) is 6.92 Å². The highest BCUT2D eigenvalue weighted by Gasteiger charge is 2.15. The molecule has 1 rings (SSSR count). The molecule has 100 valence electrons. The number of nitrogen functional groups attached to an aromatic ring is 1. The van der Waals surface area contributed by atoms with E-state index in [-0.39, 0.29) is 11.7 Å². The van der Waals surface area contributed by atoms with Gasteiger partial charge in [0.25, 0.3) is 0 Å². The minimum absolute atomic E-state index is 0.00706. The Morgan fingerprint density at radius 2 is 2.28 bits per heavy atom. The van der Waals surface area contributed by atoms with Crippen molar-refractivity contribution in [2.24, 2.45) is 0 Å².